The summed E-state index contributed by atoms with van der Waals surface area (Å²) < 4.78 is 0. The third kappa shape index (κ3) is 31.1. The molecule has 0 aromatic carbocycles. The Bertz CT molecular complexity index is 2960. The van der Waals surface area contributed by atoms with Gasteiger partial charge >= 0.3 is 5.97 Å². The number of aliphatic carboxylic acids is 1. The monoisotopic (exact) mass is 1450 g/mol. The number of carboxylic acids is 1. The zero-order valence-corrected chi connectivity index (χ0v) is 58.6. The lowest BCUT2D eigenvalue weighted by Gasteiger charge is -2.34. The average Bonchev–Trinajstić information content (AvgIpc) is 1.64. The molecule has 14 amide bonds. The lowest BCUT2D eigenvalue weighted by Crippen LogP contribution is -2.62. The maximum absolute atomic E-state index is 14.5. The fourth-order valence-corrected chi connectivity index (χ4v) is 10.9. The molecule has 0 radical (unpaired) electrons. The molecular formula is C61H108N22O19. The Morgan fingerprint density at radius 1 is 0.471 bits per heavy atom. The number of hydrogen-bond acceptors (Lipinski definition) is 22. The largest absolute Gasteiger partial charge is 0.480 e. The zero-order valence-electron chi connectivity index (χ0n) is 58.6. The summed E-state index contributed by atoms with van der Waals surface area (Å²) in [4.78, 5) is 212. The van der Waals surface area contributed by atoms with Crippen LogP contribution >= 0.6 is 0 Å². The van der Waals surface area contributed by atoms with E-state index in [0.29, 0.717) is 25.7 Å². The first-order valence-electron chi connectivity index (χ1n) is 33.8. The number of aliphatic hydroxyl groups excluding tert-OH is 3. The number of carbonyl (C=O) groups is 15. The van der Waals surface area contributed by atoms with E-state index in [2.05, 4.69) is 63.2 Å². The molecule has 2 aliphatic heterocycles. The van der Waals surface area contributed by atoms with Crippen molar-refractivity contribution in [2.24, 2.45) is 61.8 Å². The van der Waals surface area contributed by atoms with Crippen LogP contribution in [-0.2, 0) is 71.9 Å². The molecule has 576 valence electrons. The van der Waals surface area contributed by atoms with Crippen molar-refractivity contribution in [2.45, 2.75) is 235 Å². The van der Waals surface area contributed by atoms with Crippen molar-refractivity contribution in [1.82, 2.24) is 63.0 Å². The molecule has 102 heavy (non-hydrogen) atoms. The van der Waals surface area contributed by atoms with Gasteiger partial charge in [0.05, 0.1) is 24.9 Å². The first-order valence-corrected chi connectivity index (χ1v) is 33.8. The minimum Gasteiger partial charge on any atom is -0.480 e. The van der Waals surface area contributed by atoms with Crippen LogP contribution in [0.1, 0.15) is 144 Å². The Morgan fingerprint density at radius 2 is 0.912 bits per heavy atom. The fourth-order valence-electron chi connectivity index (χ4n) is 10.9. The van der Waals surface area contributed by atoms with Crippen molar-refractivity contribution >= 4 is 101 Å². The summed E-state index contributed by atoms with van der Waals surface area (Å²) in [6, 6.07) is -17.7. The highest BCUT2D eigenvalue weighted by Gasteiger charge is 2.45. The molecule has 41 heteroatoms. The lowest BCUT2D eigenvalue weighted by atomic mass is 10.0. The number of nitrogens with two attached hydrogens (primary N) is 8. The molecule has 2 heterocycles. The van der Waals surface area contributed by atoms with Crippen molar-refractivity contribution < 1.29 is 92.3 Å². The third-order valence-corrected chi connectivity index (χ3v) is 16.5. The number of primary amides is 2. The smallest absolute Gasteiger partial charge is 0.326 e. The SMILES string of the molecule is CC(C)C[C@H](NC(=O)[C@H](CCC(N)=O)NC(=O)[C@@H](N)[C@@H](C)O)C(=O)N1CCC[C@H]1C(=O)N1CCC[C@H]1C(=O)N[C@@H](CCC(N)=O)C(=O)NCC(=O)N[C@@H](CCCN=C(N)N)C(=O)N[C@H](C(=O)N[C@H](C(=O)N[C@@H](C)C(=O)N[C@@H](CCCN=C(N)N)C(=O)N[C@@H](CCCCN)C(=O)O)[C@@H](C)O)[C@@H](C)O. The van der Waals surface area contributed by atoms with Gasteiger partial charge in [-0.05, 0) is 130 Å². The highest BCUT2D eigenvalue weighted by Crippen LogP contribution is 2.27. The molecule has 30 N–H and O–H groups in total. The molecule has 0 spiro atoms. The Kier molecular flexibility index (Phi) is 38.7. The molecule has 0 aliphatic carbocycles. The molecule has 15 atom stereocenters. The number of likely N-dealkylation sites (tertiary alicyclic amines) is 2. The standard InChI is InChI=1S/C61H108N22O19/c1-29(2)27-39(79-51(93)37(19-21-43(64)88)77-54(96)45(65)31(4)84)57(99)83-26-12-17-41(83)58(100)82-25-11-16-40(82)53(95)76-36(18-20-42(63)87)49(91)72-28-44(89)74-34(14-9-23-70-60(66)67)52(94)80-47(33(6)86)56(98)81-46(32(5)85)55(97)73-30(3)48(90)75-35(15-10-24-71-61(68)69)50(92)78-38(59(101)102)13-7-8-22-62/h29-41,45-47,84-86H,7-28,62,65H2,1-6H3,(H2,63,87)(H2,64,88)(H,72,91)(H,73,97)(H,74,89)(H,75,90)(H,76,95)(H,77,96)(H,78,92)(H,79,93)(H,80,94)(H,81,98)(H,101,102)(H4,66,67,70)(H4,68,69,71)/t30-,31+,32+,33+,34-,35-,36-,37-,38-,39-,40-,41-,45-,46-,47-/m0/s1. The number of rotatable bonds is 46. The second-order valence-electron chi connectivity index (χ2n) is 25.6. The molecule has 0 unspecified atom stereocenters. The molecule has 2 fully saturated rings. The van der Waals surface area contributed by atoms with Crippen LogP contribution < -0.4 is 99.0 Å². The molecule has 0 aromatic rings. The van der Waals surface area contributed by atoms with Crippen molar-refractivity contribution in [1.29, 1.82) is 0 Å². The Hall–Kier alpha value is -9.61. The van der Waals surface area contributed by atoms with Gasteiger partial charge in [0.2, 0.25) is 82.7 Å². The van der Waals surface area contributed by atoms with Gasteiger partial charge in [-0.3, -0.25) is 77.1 Å². The van der Waals surface area contributed by atoms with Gasteiger partial charge in [0.25, 0.3) is 0 Å². The van der Waals surface area contributed by atoms with Gasteiger partial charge in [0, 0.05) is 39.0 Å². The number of carbonyl (C=O) groups excluding carboxylic acids is 14. The summed E-state index contributed by atoms with van der Waals surface area (Å²) in [5, 5.41) is 65.1. The number of guanidine groups is 2. The molecule has 2 saturated heterocycles. The first kappa shape index (κ1) is 88.5. The summed E-state index contributed by atoms with van der Waals surface area (Å²) in [6.45, 7) is 7.57. The number of nitrogens with one attached hydrogen (secondary N) is 10. The summed E-state index contributed by atoms with van der Waals surface area (Å²) in [7, 11) is 0. The van der Waals surface area contributed by atoms with E-state index in [-0.39, 0.29) is 115 Å². The predicted molar refractivity (Wildman–Crippen MR) is 365 cm³/mol. The van der Waals surface area contributed by atoms with Crippen LogP contribution in [0.4, 0.5) is 0 Å². The highest BCUT2D eigenvalue weighted by atomic mass is 16.4. The molecule has 41 nitrogen and oxygen atoms in total. The maximum Gasteiger partial charge on any atom is 0.326 e. The summed E-state index contributed by atoms with van der Waals surface area (Å²) in [5.41, 5.74) is 43.8. The van der Waals surface area contributed by atoms with E-state index >= 15 is 0 Å². The average molecular weight is 1450 g/mol. The van der Waals surface area contributed by atoms with Crippen LogP contribution in [0.2, 0.25) is 0 Å². The van der Waals surface area contributed by atoms with Crippen LogP contribution in [0.25, 0.3) is 0 Å². The van der Waals surface area contributed by atoms with Gasteiger partial charge in [-0.25, -0.2) is 4.79 Å². The van der Waals surface area contributed by atoms with Crippen LogP contribution in [0.3, 0.4) is 0 Å². The zero-order chi connectivity index (χ0) is 77.2. The van der Waals surface area contributed by atoms with Gasteiger partial charge in [-0.1, -0.05) is 13.8 Å². The normalized spacial score (nSPS) is 18.0. The molecule has 2 aliphatic rings. The first-order chi connectivity index (χ1) is 47.8. The number of aliphatic imine (C=N–C) groups is 2. The molecule has 2 rings (SSSR count). The Morgan fingerprint density at radius 3 is 1.40 bits per heavy atom. The number of amides is 14. The summed E-state index contributed by atoms with van der Waals surface area (Å²) in [5.74, 6) is -15.2. The van der Waals surface area contributed by atoms with E-state index < -0.39 is 199 Å². The minimum atomic E-state index is -1.93. The number of hydrogen-bond donors (Lipinski definition) is 22. The number of carboxylic acid groups (broad SMARTS) is 1. The van der Waals surface area contributed by atoms with Crippen LogP contribution in [0.5, 0.6) is 0 Å². The van der Waals surface area contributed by atoms with E-state index in [0.717, 1.165) is 13.8 Å². The van der Waals surface area contributed by atoms with E-state index in [1.54, 1.807) is 13.8 Å². The number of aliphatic hydroxyl groups is 3. The second kappa shape index (κ2) is 44.6. The van der Waals surface area contributed by atoms with Crippen molar-refractivity contribution in [2.75, 3.05) is 39.3 Å². The third-order valence-electron chi connectivity index (χ3n) is 16.5. The van der Waals surface area contributed by atoms with Crippen molar-refractivity contribution in [3.8, 4) is 0 Å². The summed E-state index contributed by atoms with van der Waals surface area (Å²) >= 11 is 0. The Labute approximate surface area is 590 Å². The van der Waals surface area contributed by atoms with E-state index in [4.69, 9.17) is 45.9 Å². The fraction of sp³-hybridized carbons (Fsp3) is 0.721. The van der Waals surface area contributed by atoms with Crippen LogP contribution in [0.15, 0.2) is 9.98 Å². The van der Waals surface area contributed by atoms with Crippen molar-refractivity contribution in [3.05, 3.63) is 0 Å². The molecule has 0 saturated carbocycles. The second-order valence-corrected chi connectivity index (χ2v) is 25.6. The van der Waals surface area contributed by atoms with Gasteiger partial charge in [0.15, 0.2) is 11.9 Å². The quantitative estimate of drug-likeness (QED) is 0.0153. The summed E-state index contributed by atoms with van der Waals surface area (Å²) in [6.07, 6.45) is -4.77. The molecular weight excluding hydrogens is 1340 g/mol. The minimum absolute atomic E-state index is 0.00816. The van der Waals surface area contributed by atoms with Gasteiger partial charge in [-0.2, -0.15) is 0 Å². The maximum atomic E-state index is 14.5. The van der Waals surface area contributed by atoms with Crippen LogP contribution in [-0.4, -0.2) is 261 Å². The highest BCUT2D eigenvalue weighted by molar-refractivity contribution is 6.00. The van der Waals surface area contributed by atoms with Gasteiger partial charge < -0.3 is 129 Å². The Balaban J connectivity index is 2.31. The van der Waals surface area contributed by atoms with Crippen molar-refractivity contribution in [3.63, 3.8) is 0 Å². The van der Waals surface area contributed by atoms with Gasteiger partial charge in [-0.15, -0.1) is 0 Å². The van der Waals surface area contributed by atoms with E-state index in [1.165, 1.54) is 23.6 Å². The van der Waals surface area contributed by atoms with Crippen LogP contribution in [0, 0.1) is 5.92 Å². The lowest BCUT2D eigenvalue weighted by molar-refractivity contribution is -0.148. The number of nitrogens with zero attached hydrogens (tertiary/aromatic N) is 4. The predicted octanol–water partition coefficient (Wildman–Crippen LogP) is -10.2. The van der Waals surface area contributed by atoms with E-state index in [1.807, 2.05) is 0 Å². The topological polar surface area (TPSA) is 697 Å². The van der Waals surface area contributed by atoms with E-state index in [9.17, 15) is 92.3 Å². The molecule has 0 bridgehead atoms. The number of unbranched alkanes of at least 4 members (excludes halogenated alkanes) is 1. The molecule has 0 aromatic heterocycles. The van der Waals surface area contributed by atoms with Gasteiger partial charge in [0.1, 0.15) is 72.5 Å².